The van der Waals surface area contributed by atoms with Crippen LogP contribution in [-0.2, 0) is 13.6 Å². The van der Waals surface area contributed by atoms with Gasteiger partial charge in [-0.2, -0.15) is 16.9 Å². The molecule has 0 saturated carbocycles. The first-order valence-electron chi connectivity index (χ1n) is 7.13. The van der Waals surface area contributed by atoms with Gasteiger partial charge in [0.15, 0.2) is 5.96 Å². The second-order valence-electron chi connectivity index (χ2n) is 4.81. The van der Waals surface area contributed by atoms with Crippen LogP contribution in [0.15, 0.2) is 17.4 Å². The van der Waals surface area contributed by atoms with Crippen LogP contribution in [0.1, 0.15) is 25.3 Å². The minimum Gasteiger partial charge on any atom is -0.357 e. The molecule has 1 heterocycles. The van der Waals surface area contributed by atoms with E-state index >= 15 is 0 Å². The van der Waals surface area contributed by atoms with Crippen LogP contribution in [0, 0.1) is 0 Å². The van der Waals surface area contributed by atoms with Gasteiger partial charge in [-0.15, -0.1) is 0 Å². The Balaban J connectivity index is 2.48. The highest BCUT2D eigenvalue weighted by Crippen LogP contribution is 2.03. The molecule has 1 aromatic heterocycles. The summed E-state index contributed by atoms with van der Waals surface area (Å²) in [5, 5.41) is 7.54. The number of guanidine groups is 1. The van der Waals surface area contributed by atoms with Crippen molar-refractivity contribution < 1.29 is 0 Å². The van der Waals surface area contributed by atoms with Gasteiger partial charge in [0.05, 0.1) is 6.20 Å². The Labute approximate surface area is 126 Å². The lowest BCUT2D eigenvalue weighted by molar-refractivity contribution is 0.476. The summed E-state index contributed by atoms with van der Waals surface area (Å²) in [4.78, 5) is 6.83. The molecule has 5 nitrogen and oxygen atoms in total. The highest BCUT2D eigenvalue weighted by molar-refractivity contribution is 7.98. The first-order chi connectivity index (χ1) is 9.67. The van der Waals surface area contributed by atoms with Gasteiger partial charge in [0.1, 0.15) is 0 Å². The Morgan fingerprint density at radius 3 is 2.90 bits per heavy atom. The highest BCUT2D eigenvalue weighted by Gasteiger charge is 2.07. The van der Waals surface area contributed by atoms with Gasteiger partial charge in [0.25, 0.3) is 0 Å². The van der Waals surface area contributed by atoms with Crippen LogP contribution >= 0.6 is 11.8 Å². The second-order valence-corrected chi connectivity index (χ2v) is 5.80. The molecular weight excluding hydrogens is 270 g/mol. The van der Waals surface area contributed by atoms with Crippen molar-refractivity contribution in [3.63, 3.8) is 0 Å². The molecule has 0 spiro atoms. The number of rotatable bonds is 8. The lowest BCUT2D eigenvalue weighted by Gasteiger charge is -2.21. The van der Waals surface area contributed by atoms with Crippen molar-refractivity contribution in [3.8, 4) is 0 Å². The molecular formula is C14H27N5S. The molecule has 6 heteroatoms. The van der Waals surface area contributed by atoms with Crippen molar-refractivity contribution in [1.29, 1.82) is 0 Å². The van der Waals surface area contributed by atoms with E-state index in [4.69, 9.17) is 0 Å². The molecule has 0 aromatic carbocycles. The van der Waals surface area contributed by atoms with Crippen LogP contribution < -0.4 is 5.32 Å². The molecule has 0 saturated heterocycles. The predicted molar refractivity (Wildman–Crippen MR) is 88.3 cm³/mol. The third-order valence-corrected chi connectivity index (χ3v) is 3.59. The zero-order valence-corrected chi connectivity index (χ0v) is 13.9. The second kappa shape index (κ2) is 9.69. The maximum Gasteiger partial charge on any atom is 0.193 e. The van der Waals surface area contributed by atoms with Gasteiger partial charge in [0, 0.05) is 45.5 Å². The fraction of sp³-hybridized carbons (Fsp3) is 0.714. The van der Waals surface area contributed by atoms with Crippen LogP contribution in [0.4, 0.5) is 0 Å². The average molecular weight is 297 g/mol. The third-order valence-electron chi connectivity index (χ3n) is 2.89. The van der Waals surface area contributed by atoms with E-state index in [1.165, 1.54) is 17.7 Å². The largest absolute Gasteiger partial charge is 0.357 e. The molecule has 0 unspecified atom stereocenters. The molecule has 0 bridgehead atoms. The van der Waals surface area contributed by atoms with E-state index in [0.29, 0.717) is 0 Å². The van der Waals surface area contributed by atoms with E-state index in [0.717, 1.165) is 32.0 Å². The fourth-order valence-electron chi connectivity index (χ4n) is 1.92. The van der Waals surface area contributed by atoms with Gasteiger partial charge in [-0.3, -0.25) is 9.67 Å². The number of aromatic nitrogens is 2. The molecule has 1 aromatic rings. The van der Waals surface area contributed by atoms with E-state index in [-0.39, 0.29) is 0 Å². The highest BCUT2D eigenvalue weighted by atomic mass is 32.2. The van der Waals surface area contributed by atoms with Crippen LogP contribution in [0.25, 0.3) is 0 Å². The quantitative estimate of drug-likeness (QED) is 0.453. The average Bonchev–Trinajstić information content (AvgIpc) is 2.82. The molecule has 1 N–H and O–H groups in total. The summed E-state index contributed by atoms with van der Waals surface area (Å²) in [5.41, 5.74) is 1.20. The first-order valence-corrected chi connectivity index (χ1v) is 8.52. The van der Waals surface area contributed by atoms with Crippen LogP contribution in [0.3, 0.4) is 0 Å². The molecule has 0 amide bonds. The Hall–Kier alpha value is -1.17. The number of unbranched alkanes of at least 4 members (excludes halogenated alkanes) is 1. The van der Waals surface area contributed by atoms with E-state index in [9.17, 15) is 0 Å². The van der Waals surface area contributed by atoms with Crippen molar-refractivity contribution in [1.82, 2.24) is 20.0 Å². The molecule has 20 heavy (non-hydrogen) atoms. The summed E-state index contributed by atoms with van der Waals surface area (Å²) in [6, 6.07) is 0. The summed E-state index contributed by atoms with van der Waals surface area (Å²) < 4.78 is 1.83. The Kier molecular flexibility index (Phi) is 8.18. The summed E-state index contributed by atoms with van der Waals surface area (Å²) in [7, 11) is 4.00. The minimum absolute atomic E-state index is 0.824. The van der Waals surface area contributed by atoms with Crippen molar-refractivity contribution in [2.45, 2.75) is 26.3 Å². The molecule has 0 aliphatic carbocycles. The topological polar surface area (TPSA) is 45.5 Å². The molecule has 0 aliphatic heterocycles. The smallest absolute Gasteiger partial charge is 0.193 e. The number of aryl methyl sites for hydroxylation is 1. The normalized spacial score (nSPS) is 11.7. The standard InChI is InChI=1S/C14H27N5S/c1-5-15-14(16-8-6-7-9-20-4)18(2)11-13-10-17-19(3)12-13/h10,12H,5-9,11H2,1-4H3,(H,15,16). The molecule has 0 atom stereocenters. The molecule has 0 aliphatic rings. The predicted octanol–water partition coefficient (Wildman–Crippen LogP) is 1.96. The van der Waals surface area contributed by atoms with E-state index in [1.54, 1.807) is 0 Å². The zero-order valence-electron chi connectivity index (χ0n) is 13.1. The van der Waals surface area contributed by atoms with Gasteiger partial charge < -0.3 is 10.2 Å². The summed E-state index contributed by atoms with van der Waals surface area (Å²) in [6.45, 7) is 4.70. The SMILES string of the molecule is CCNC(=NCCCCSC)N(C)Cc1cnn(C)c1. The van der Waals surface area contributed by atoms with E-state index in [2.05, 4.69) is 40.5 Å². The number of thioether (sulfide) groups is 1. The van der Waals surface area contributed by atoms with Gasteiger partial charge in [-0.25, -0.2) is 0 Å². The fourth-order valence-corrected chi connectivity index (χ4v) is 2.41. The Bertz CT molecular complexity index is 402. The van der Waals surface area contributed by atoms with E-state index < -0.39 is 0 Å². The monoisotopic (exact) mass is 297 g/mol. The number of aliphatic imine (C=N–C) groups is 1. The lowest BCUT2D eigenvalue weighted by Crippen LogP contribution is -2.38. The number of hydrogen-bond acceptors (Lipinski definition) is 3. The van der Waals surface area contributed by atoms with Crippen LogP contribution in [0.5, 0.6) is 0 Å². The maximum absolute atomic E-state index is 4.68. The van der Waals surface area contributed by atoms with Crippen molar-refractivity contribution >= 4 is 17.7 Å². The van der Waals surface area contributed by atoms with Crippen molar-refractivity contribution in [2.24, 2.45) is 12.0 Å². The number of hydrogen-bond donors (Lipinski definition) is 1. The van der Waals surface area contributed by atoms with Crippen molar-refractivity contribution in [3.05, 3.63) is 18.0 Å². The molecule has 114 valence electrons. The maximum atomic E-state index is 4.68. The van der Waals surface area contributed by atoms with Crippen molar-refractivity contribution in [2.75, 3.05) is 32.1 Å². The third kappa shape index (κ3) is 6.32. The van der Waals surface area contributed by atoms with Gasteiger partial charge in [-0.05, 0) is 31.8 Å². The van der Waals surface area contributed by atoms with Crippen LogP contribution in [-0.4, -0.2) is 52.8 Å². The zero-order chi connectivity index (χ0) is 14.8. The Morgan fingerprint density at radius 1 is 1.50 bits per heavy atom. The van der Waals surface area contributed by atoms with Gasteiger partial charge >= 0.3 is 0 Å². The molecule has 0 radical (unpaired) electrons. The Morgan fingerprint density at radius 2 is 2.30 bits per heavy atom. The minimum atomic E-state index is 0.824. The lowest BCUT2D eigenvalue weighted by atomic mass is 10.3. The van der Waals surface area contributed by atoms with E-state index in [1.807, 2.05) is 35.9 Å². The summed E-state index contributed by atoms with van der Waals surface area (Å²) in [5.74, 6) is 2.19. The number of nitrogens with zero attached hydrogens (tertiary/aromatic N) is 4. The summed E-state index contributed by atoms with van der Waals surface area (Å²) in [6.07, 6.45) is 8.47. The first kappa shape index (κ1) is 16.9. The van der Waals surface area contributed by atoms with Crippen LogP contribution in [0.2, 0.25) is 0 Å². The molecule has 1 rings (SSSR count). The molecule has 0 fully saturated rings. The van der Waals surface area contributed by atoms with Gasteiger partial charge in [-0.1, -0.05) is 0 Å². The van der Waals surface area contributed by atoms with Gasteiger partial charge in [0.2, 0.25) is 0 Å². The number of nitrogens with one attached hydrogen (secondary N) is 1. The summed E-state index contributed by atoms with van der Waals surface area (Å²) >= 11 is 1.90.